The number of aromatic nitrogens is 2. The minimum atomic E-state index is -4.70. The number of halogens is 4. The van der Waals surface area contributed by atoms with Crippen molar-refractivity contribution in [2.24, 2.45) is 0 Å². The molecule has 1 aliphatic rings. The average Bonchev–Trinajstić information content (AvgIpc) is 2.68. The standard InChI is InChI=1S/C17H14F3N5O2.ClH/c18-17(19,20)15-9-23-7-13(25-15)16(26)24-11-1-2-12(10(5-11)6-21)14-8-22-3-4-27-14;/h1-2,5,7,9,14,22H,3-4,8H2,(H,24,26);1H/t14-;/m0./s1. The van der Waals surface area contributed by atoms with Crippen LogP contribution in [0.2, 0.25) is 0 Å². The molecule has 0 radical (unpaired) electrons. The van der Waals surface area contributed by atoms with Crippen molar-refractivity contribution in [3.8, 4) is 6.07 Å². The van der Waals surface area contributed by atoms with Crippen LogP contribution in [0, 0.1) is 11.3 Å². The van der Waals surface area contributed by atoms with Crippen LogP contribution in [0.1, 0.15) is 33.4 Å². The second-order valence-corrected chi connectivity index (χ2v) is 5.72. The number of carbonyl (C=O) groups is 1. The number of rotatable bonds is 3. The molecule has 148 valence electrons. The number of hydrogen-bond acceptors (Lipinski definition) is 6. The molecule has 11 heteroatoms. The number of hydrogen-bond donors (Lipinski definition) is 2. The molecule has 2 N–H and O–H groups in total. The van der Waals surface area contributed by atoms with Crippen LogP contribution in [0.3, 0.4) is 0 Å². The molecule has 1 amide bonds. The lowest BCUT2D eigenvalue weighted by atomic mass is 10.0. The lowest BCUT2D eigenvalue weighted by Gasteiger charge is -2.24. The Bertz CT molecular complexity index is 895. The molecule has 28 heavy (non-hydrogen) atoms. The molecule has 7 nitrogen and oxygen atoms in total. The number of anilines is 1. The smallest absolute Gasteiger partial charge is 0.371 e. The molecule has 2 aromatic rings. The lowest BCUT2D eigenvalue weighted by molar-refractivity contribution is -0.141. The summed E-state index contributed by atoms with van der Waals surface area (Å²) in [6.07, 6.45) is -3.51. The summed E-state index contributed by atoms with van der Waals surface area (Å²) in [7, 11) is 0. The molecule has 1 aliphatic heterocycles. The Morgan fingerprint density at radius 2 is 2.14 bits per heavy atom. The molecule has 0 saturated carbocycles. The molecule has 0 bridgehead atoms. The van der Waals surface area contributed by atoms with Crippen molar-refractivity contribution in [1.82, 2.24) is 15.3 Å². The molecule has 0 unspecified atom stereocenters. The number of alkyl halides is 3. The first-order chi connectivity index (χ1) is 12.9. The first-order valence-corrected chi connectivity index (χ1v) is 7.95. The van der Waals surface area contributed by atoms with Crippen molar-refractivity contribution in [2.45, 2.75) is 12.3 Å². The van der Waals surface area contributed by atoms with Gasteiger partial charge in [-0.15, -0.1) is 12.4 Å². The second kappa shape index (κ2) is 8.97. The maximum Gasteiger partial charge on any atom is 0.434 e. The van der Waals surface area contributed by atoms with Gasteiger partial charge in [-0.1, -0.05) is 6.07 Å². The minimum absolute atomic E-state index is 0. The van der Waals surface area contributed by atoms with Crippen LogP contribution in [0.15, 0.2) is 30.6 Å². The highest BCUT2D eigenvalue weighted by Crippen LogP contribution is 2.27. The number of carbonyl (C=O) groups excluding carboxylic acids is 1. The number of benzene rings is 1. The topological polar surface area (TPSA) is 99.9 Å². The SMILES string of the molecule is Cl.N#Cc1cc(NC(=O)c2cncc(C(F)(F)F)n2)ccc1[C@@H]1CNCCO1. The fourth-order valence-electron chi connectivity index (χ4n) is 2.58. The largest absolute Gasteiger partial charge is 0.434 e. The fourth-order valence-corrected chi connectivity index (χ4v) is 2.58. The number of morpholine rings is 1. The summed E-state index contributed by atoms with van der Waals surface area (Å²) in [5.41, 5.74) is -0.515. The van der Waals surface area contributed by atoms with Gasteiger partial charge in [0.25, 0.3) is 5.91 Å². The van der Waals surface area contributed by atoms with E-state index in [4.69, 9.17) is 4.74 Å². The fraction of sp³-hybridized carbons (Fsp3) is 0.294. The third-order valence-corrected chi connectivity index (χ3v) is 3.86. The van der Waals surface area contributed by atoms with E-state index < -0.39 is 23.5 Å². The van der Waals surface area contributed by atoms with Crippen molar-refractivity contribution in [1.29, 1.82) is 5.26 Å². The minimum Gasteiger partial charge on any atom is -0.371 e. The number of amides is 1. The lowest BCUT2D eigenvalue weighted by Crippen LogP contribution is -2.33. The third kappa shape index (κ3) is 4.95. The van der Waals surface area contributed by atoms with Crippen molar-refractivity contribution in [3.05, 3.63) is 53.1 Å². The molecule has 1 atom stereocenters. The molecule has 1 aromatic heterocycles. The zero-order valence-corrected chi connectivity index (χ0v) is 15.1. The van der Waals surface area contributed by atoms with Gasteiger partial charge in [-0.3, -0.25) is 9.78 Å². The van der Waals surface area contributed by atoms with E-state index in [9.17, 15) is 23.2 Å². The van der Waals surface area contributed by atoms with Crippen LogP contribution in [0.4, 0.5) is 18.9 Å². The number of nitrogens with one attached hydrogen (secondary N) is 2. The van der Waals surface area contributed by atoms with E-state index in [0.29, 0.717) is 30.5 Å². The Morgan fingerprint density at radius 3 is 2.79 bits per heavy atom. The summed E-state index contributed by atoms with van der Waals surface area (Å²) < 4.78 is 43.7. The second-order valence-electron chi connectivity index (χ2n) is 5.72. The van der Waals surface area contributed by atoms with E-state index in [1.54, 1.807) is 12.1 Å². The zero-order chi connectivity index (χ0) is 19.4. The normalized spacial score (nSPS) is 16.6. The van der Waals surface area contributed by atoms with E-state index in [-0.39, 0.29) is 24.2 Å². The maximum atomic E-state index is 12.7. The predicted octanol–water partition coefficient (Wildman–Crippen LogP) is 2.70. The van der Waals surface area contributed by atoms with Gasteiger partial charge in [0.1, 0.15) is 5.69 Å². The summed E-state index contributed by atoms with van der Waals surface area (Å²) in [6.45, 7) is 1.80. The predicted molar refractivity (Wildman–Crippen MR) is 95.0 cm³/mol. The summed E-state index contributed by atoms with van der Waals surface area (Å²) in [5.74, 6) is -0.860. The van der Waals surface area contributed by atoms with Crippen LogP contribution in [0.5, 0.6) is 0 Å². The summed E-state index contributed by atoms with van der Waals surface area (Å²) in [4.78, 5) is 18.9. The molecule has 0 aliphatic carbocycles. The van der Waals surface area contributed by atoms with Gasteiger partial charge in [-0.25, -0.2) is 4.98 Å². The average molecular weight is 414 g/mol. The van der Waals surface area contributed by atoms with Gasteiger partial charge in [-0.2, -0.15) is 18.4 Å². The van der Waals surface area contributed by atoms with Gasteiger partial charge in [0.15, 0.2) is 5.69 Å². The highest BCUT2D eigenvalue weighted by Gasteiger charge is 2.33. The van der Waals surface area contributed by atoms with E-state index >= 15 is 0 Å². The Labute approximate surface area is 164 Å². The Balaban J connectivity index is 0.00000280. The Kier molecular flexibility index (Phi) is 6.90. The molecule has 3 rings (SSSR count). The highest BCUT2D eigenvalue weighted by atomic mass is 35.5. The van der Waals surface area contributed by atoms with Gasteiger partial charge in [-0.05, 0) is 17.7 Å². The van der Waals surface area contributed by atoms with Crippen LogP contribution in [-0.4, -0.2) is 35.6 Å². The Hall–Kier alpha value is -2.74. The summed E-state index contributed by atoms with van der Waals surface area (Å²) in [5, 5.41) is 14.9. The van der Waals surface area contributed by atoms with E-state index in [2.05, 4.69) is 20.6 Å². The molecule has 1 aromatic carbocycles. The highest BCUT2D eigenvalue weighted by molar-refractivity contribution is 6.02. The molecular weight excluding hydrogens is 399 g/mol. The zero-order valence-electron chi connectivity index (χ0n) is 14.3. The van der Waals surface area contributed by atoms with E-state index in [1.807, 2.05) is 6.07 Å². The van der Waals surface area contributed by atoms with Crippen molar-refractivity contribution in [3.63, 3.8) is 0 Å². The van der Waals surface area contributed by atoms with Gasteiger partial charge in [0, 0.05) is 18.8 Å². The molecule has 1 fully saturated rings. The van der Waals surface area contributed by atoms with E-state index in [0.717, 1.165) is 12.7 Å². The number of nitriles is 1. The number of nitrogens with zero attached hydrogens (tertiary/aromatic N) is 3. The Morgan fingerprint density at radius 1 is 1.36 bits per heavy atom. The van der Waals surface area contributed by atoms with Gasteiger partial charge in [0.2, 0.25) is 0 Å². The first kappa shape index (κ1) is 21.6. The van der Waals surface area contributed by atoms with Crippen LogP contribution in [0.25, 0.3) is 0 Å². The molecule has 1 saturated heterocycles. The van der Waals surface area contributed by atoms with Crippen LogP contribution >= 0.6 is 12.4 Å². The van der Waals surface area contributed by atoms with Crippen LogP contribution < -0.4 is 10.6 Å². The third-order valence-electron chi connectivity index (χ3n) is 3.86. The first-order valence-electron chi connectivity index (χ1n) is 7.95. The molecule has 0 spiro atoms. The monoisotopic (exact) mass is 413 g/mol. The summed E-state index contributed by atoms with van der Waals surface area (Å²) in [6, 6.07) is 6.67. The van der Waals surface area contributed by atoms with Crippen molar-refractivity contribution < 1.29 is 22.7 Å². The van der Waals surface area contributed by atoms with Gasteiger partial charge < -0.3 is 15.4 Å². The molecular formula is C17H15ClF3N5O2. The summed E-state index contributed by atoms with van der Waals surface area (Å²) >= 11 is 0. The molecule has 2 heterocycles. The van der Waals surface area contributed by atoms with Crippen molar-refractivity contribution >= 4 is 24.0 Å². The van der Waals surface area contributed by atoms with Gasteiger partial charge >= 0.3 is 6.18 Å². The van der Waals surface area contributed by atoms with Crippen LogP contribution in [-0.2, 0) is 10.9 Å². The van der Waals surface area contributed by atoms with Gasteiger partial charge in [0.05, 0.1) is 36.7 Å². The van der Waals surface area contributed by atoms with Crippen molar-refractivity contribution in [2.75, 3.05) is 25.0 Å². The number of ether oxygens (including phenoxy) is 1. The quantitative estimate of drug-likeness (QED) is 0.802. The van der Waals surface area contributed by atoms with E-state index in [1.165, 1.54) is 6.07 Å². The maximum absolute atomic E-state index is 12.7.